The highest BCUT2D eigenvalue weighted by Gasteiger charge is 2.36. The normalized spacial score (nSPS) is 15.0. The molecular weight excluding hydrogens is 470 g/mol. The van der Waals surface area contributed by atoms with Gasteiger partial charge in [0.15, 0.2) is 11.6 Å². The number of rotatable bonds is 3. The minimum absolute atomic E-state index is 0.198. The summed E-state index contributed by atoms with van der Waals surface area (Å²) in [5.74, 6) is -1.16. The van der Waals surface area contributed by atoms with E-state index in [0.29, 0.717) is 17.0 Å². The summed E-state index contributed by atoms with van der Waals surface area (Å²) in [7, 11) is 0. The molecule has 1 N–H and O–H groups in total. The van der Waals surface area contributed by atoms with Crippen molar-refractivity contribution in [2.24, 2.45) is 0 Å². The highest BCUT2D eigenvalue weighted by Crippen LogP contribution is 2.43. The van der Waals surface area contributed by atoms with Gasteiger partial charge in [-0.05, 0) is 51.3 Å². The van der Waals surface area contributed by atoms with Gasteiger partial charge in [0.05, 0.1) is 18.4 Å². The summed E-state index contributed by atoms with van der Waals surface area (Å²) in [6.07, 6.45) is 2.65. The highest BCUT2D eigenvalue weighted by atomic mass is 79.9. The zero-order valence-corrected chi connectivity index (χ0v) is 17.5. The zero-order chi connectivity index (χ0) is 21.7. The second-order valence-electron chi connectivity index (χ2n) is 7.31. The average molecular weight is 485 g/mol. The number of aromatic nitrogens is 4. The molecule has 1 aliphatic rings. The molecule has 2 aromatic heterocycles. The van der Waals surface area contributed by atoms with Gasteiger partial charge in [0, 0.05) is 12.5 Å². The van der Waals surface area contributed by atoms with E-state index < -0.39 is 17.2 Å². The molecule has 0 radical (unpaired) electrons. The number of hydrogen-bond acceptors (Lipinski definition) is 4. The van der Waals surface area contributed by atoms with Crippen molar-refractivity contribution >= 4 is 15.9 Å². The lowest BCUT2D eigenvalue weighted by Gasteiger charge is -2.35. The van der Waals surface area contributed by atoms with Gasteiger partial charge >= 0.3 is 0 Å². The molecule has 9 heteroatoms. The molecule has 0 unspecified atom stereocenters. The topological polar surface area (TPSA) is 72.9 Å². The summed E-state index contributed by atoms with van der Waals surface area (Å²) >= 11 is 3.47. The number of hydrogen-bond donors (Lipinski definition) is 1. The van der Waals surface area contributed by atoms with Crippen molar-refractivity contribution in [2.75, 3.05) is 0 Å². The molecular formula is C22H15BrF2N4O2. The quantitative estimate of drug-likeness (QED) is 0.472. The smallest absolute Gasteiger partial charge is 0.242 e. The number of aromatic hydroxyl groups is 1. The summed E-state index contributed by atoms with van der Waals surface area (Å²) in [4.78, 5) is 16.5. The maximum absolute atomic E-state index is 13.6. The fourth-order valence-corrected chi connectivity index (χ4v) is 4.54. The molecule has 0 saturated carbocycles. The summed E-state index contributed by atoms with van der Waals surface area (Å²) < 4.78 is 31.4. The van der Waals surface area contributed by atoms with Crippen LogP contribution in [0.25, 0.3) is 11.5 Å². The Bertz CT molecular complexity index is 1290. The van der Waals surface area contributed by atoms with Crippen molar-refractivity contribution in [1.29, 1.82) is 0 Å². The van der Waals surface area contributed by atoms with E-state index in [0.717, 1.165) is 17.3 Å². The molecule has 2 aromatic carbocycles. The minimum Gasteiger partial charge on any atom is -0.503 e. The third-order valence-corrected chi connectivity index (χ3v) is 6.16. The van der Waals surface area contributed by atoms with E-state index in [1.54, 1.807) is 35.1 Å². The van der Waals surface area contributed by atoms with E-state index in [9.17, 15) is 18.7 Å². The van der Waals surface area contributed by atoms with Crippen LogP contribution in [0.2, 0.25) is 0 Å². The largest absolute Gasteiger partial charge is 0.503 e. The molecule has 0 amide bonds. The van der Waals surface area contributed by atoms with E-state index in [-0.39, 0.29) is 23.2 Å². The van der Waals surface area contributed by atoms with Crippen LogP contribution >= 0.6 is 15.9 Å². The molecule has 0 fully saturated rings. The van der Waals surface area contributed by atoms with Gasteiger partial charge < -0.3 is 9.67 Å². The van der Waals surface area contributed by atoms with Crippen molar-refractivity contribution in [2.45, 2.75) is 18.5 Å². The third kappa shape index (κ3) is 3.25. The van der Waals surface area contributed by atoms with Crippen LogP contribution in [0.15, 0.2) is 70.3 Å². The molecule has 3 heterocycles. The number of imidazole rings is 1. The first kappa shape index (κ1) is 19.6. The molecule has 5 rings (SSSR count). The molecule has 0 spiro atoms. The zero-order valence-electron chi connectivity index (χ0n) is 15.9. The molecule has 1 atom stereocenters. The Labute approximate surface area is 183 Å². The van der Waals surface area contributed by atoms with Crippen LogP contribution in [0, 0.1) is 11.6 Å². The summed E-state index contributed by atoms with van der Waals surface area (Å²) in [5.41, 5.74) is 1.15. The molecule has 6 nitrogen and oxygen atoms in total. The van der Waals surface area contributed by atoms with Crippen LogP contribution in [0.4, 0.5) is 8.78 Å². The Kier molecular flexibility index (Phi) is 4.70. The molecule has 0 saturated heterocycles. The average Bonchev–Trinajstić information content (AvgIpc) is 3.14. The molecule has 0 bridgehead atoms. The molecule has 31 heavy (non-hydrogen) atoms. The highest BCUT2D eigenvalue weighted by molar-refractivity contribution is 9.10. The number of benzene rings is 2. The first-order valence-electron chi connectivity index (χ1n) is 9.47. The van der Waals surface area contributed by atoms with Crippen molar-refractivity contribution in [3.05, 3.63) is 98.5 Å². The second-order valence-corrected chi connectivity index (χ2v) is 8.13. The van der Waals surface area contributed by atoms with Gasteiger partial charge in [0.25, 0.3) is 0 Å². The lowest BCUT2D eigenvalue weighted by molar-refractivity contribution is 0.329. The molecule has 1 aliphatic heterocycles. The minimum atomic E-state index is -0.613. The van der Waals surface area contributed by atoms with E-state index in [1.807, 2.05) is 4.57 Å². The van der Waals surface area contributed by atoms with Gasteiger partial charge in [0.2, 0.25) is 5.43 Å². The van der Waals surface area contributed by atoms with Crippen LogP contribution < -0.4 is 5.43 Å². The summed E-state index contributed by atoms with van der Waals surface area (Å²) in [5, 5.41) is 14.9. The maximum atomic E-state index is 13.6. The van der Waals surface area contributed by atoms with Crippen molar-refractivity contribution in [1.82, 2.24) is 19.3 Å². The number of fused-ring (bicyclic) bond motifs is 3. The van der Waals surface area contributed by atoms with Crippen molar-refractivity contribution in [3.63, 3.8) is 0 Å². The lowest BCUT2D eigenvalue weighted by Crippen LogP contribution is -2.32. The van der Waals surface area contributed by atoms with Crippen LogP contribution in [0.5, 0.6) is 5.75 Å². The molecule has 156 valence electrons. The third-order valence-electron chi connectivity index (χ3n) is 5.53. The van der Waals surface area contributed by atoms with Crippen molar-refractivity contribution in [3.8, 4) is 17.3 Å². The Hall–Kier alpha value is -3.33. The molecule has 0 aliphatic carbocycles. The Balaban J connectivity index is 1.76. The Morgan fingerprint density at radius 1 is 1.00 bits per heavy atom. The van der Waals surface area contributed by atoms with Gasteiger partial charge in [-0.2, -0.15) is 5.10 Å². The van der Waals surface area contributed by atoms with Gasteiger partial charge in [0.1, 0.15) is 21.9 Å². The van der Waals surface area contributed by atoms with Gasteiger partial charge in [-0.1, -0.05) is 24.3 Å². The van der Waals surface area contributed by atoms with E-state index >= 15 is 0 Å². The first-order chi connectivity index (χ1) is 14.9. The predicted molar refractivity (Wildman–Crippen MR) is 113 cm³/mol. The fraction of sp³-hybridized carbons (Fsp3) is 0.136. The van der Waals surface area contributed by atoms with E-state index in [1.165, 1.54) is 24.3 Å². The lowest BCUT2D eigenvalue weighted by atomic mass is 9.84. The second kappa shape index (κ2) is 7.42. The van der Waals surface area contributed by atoms with E-state index in [4.69, 9.17) is 0 Å². The summed E-state index contributed by atoms with van der Waals surface area (Å²) in [6.45, 7) is 0.400. The SMILES string of the molecule is O=c1cnn2c(c1O)-c1ncc(Br)n1C[C@@H]2C(c1ccc(F)cc1)c1ccc(F)cc1. The van der Waals surface area contributed by atoms with Crippen LogP contribution in [0.3, 0.4) is 0 Å². The van der Waals surface area contributed by atoms with E-state index in [2.05, 4.69) is 26.0 Å². The maximum Gasteiger partial charge on any atom is 0.242 e. The molecule has 4 aromatic rings. The standard InChI is InChI=1S/C22H15BrF2N4O2/c23-18-10-26-22-20-21(31)17(30)9-27-29(20)16(11-28(18)22)19(12-1-5-14(24)6-2-12)13-3-7-15(25)8-4-13/h1-10,16,19,31H,11H2/t16-/m1/s1. The Morgan fingerprint density at radius 3 is 2.16 bits per heavy atom. The number of halogens is 3. The van der Waals surface area contributed by atoms with Crippen LogP contribution in [-0.4, -0.2) is 24.4 Å². The van der Waals surface area contributed by atoms with Crippen LogP contribution in [-0.2, 0) is 6.54 Å². The van der Waals surface area contributed by atoms with Crippen LogP contribution in [0.1, 0.15) is 23.1 Å². The van der Waals surface area contributed by atoms with Gasteiger partial charge in [-0.3, -0.25) is 9.48 Å². The predicted octanol–water partition coefficient (Wildman–Crippen LogP) is 4.24. The monoisotopic (exact) mass is 484 g/mol. The van der Waals surface area contributed by atoms with Crippen molar-refractivity contribution < 1.29 is 13.9 Å². The van der Waals surface area contributed by atoms with Gasteiger partial charge in [-0.15, -0.1) is 0 Å². The van der Waals surface area contributed by atoms with Gasteiger partial charge in [-0.25, -0.2) is 13.8 Å². The number of nitrogens with zero attached hydrogens (tertiary/aromatic N) is 4. The summed E-state index contributed by atoms with van der Waals surface area (Å²) in [6, 6.07) is 11.7. The first-order valence-corrected chi connectivity index (χ1v) is 10.3. The fourth-order valence-electron chi connectivity index (χ4n) is 4.12. The Morgan fingerprint density at radius 2 is 1.58 bits per heavy atom.